The Morgan fingerprint density at radius 1 is 0.116 bits per heavy atom. The fraction of sp³-hybridized carbons (Fsp3) is 0.0182. The van der Waals surface area contributed by atoms with E-state index in [9.17, 15) is 0 Å². The van der Waals surface area contributed by atoms with Gasteiger partial charge in [-0.15, -0.1) is 0 Å². The summed E-state index contributed by atoms with van der Waals surface area (Å²) in [5.41, 5.74) is 41.4. The minimum Gasteiger partial charge on any atom is -0.310 e. The van der Waals surface area contributed by atoms with E-state index >= 15 is 0 Å². The van der Waals surface area contributed by atoms with E-state index in [2.05, 4.69) is 459 Å². The van der Waals surface area contributed by atoms with E-state index in [1.165, 1.54) is 156 Å². The van der Waals surface area contributed by atoms with Crippen LogP contribution in [0.4, 0.5) is 34.1 Å². The van der Waals surface area contributed by atoms with Crippen molar-refractivity contribution in [3.05, 3.63) is 493 Å². The van der Waals surface area contributed by atoms with Crippen LogP contribution in [0, 0.1) is 0 Å². The predicted molar refractivity (Wildman–Crippen MR) is 467 cm³/mol. The highest BCUT2D eigenvalue weighted by Gasteiger charge is 2.54. The average molecular weight is 1420 g/mol. The molecule has 0 radical (unpaired) electrons. The van der Waals surface area contributed by atoms with Crippen LogP contribution in [0.2, 0.25) is 0 Å². The standard InChI is InChI=1S/2C55H37N/c1-4-14-38(15-5-1)41-24-29-44(30-25-41)56(45-31-26-42(27-32-45)39-16-6-2-7-17-39)46-33-35-50-48-21-11-13-23-52(48)55(54(50)37-46)51-22-12-10-20-47(51)49-34-28-43(36-53(49)55)40-18-8-3-9-19-40;1-4-14-38(15-5-1)41-24-29-44(30-25-41)56(45-31-26-42(27-32-45)39-16-6-2-7-17-39)46-33-35-50-49-34-28-43(40-18-8-3-9-19-40)36-53(49)55(54(50)37-46)51-22-12-10-20-47(51)48-21-11-13-23-52(48)55/h2*1-37H. The smallest absolute Gasteiger partial charge is 0.0726 e. The largest absolute Gasteiger partial charge is 0.310 e. The Hall–Kier alpha value is -14.4. The van der Waals surface area contributed by atoms with Crippen LogP contribution >= 0.6 is 0 Å². The highest BCUT2D eigenvalue weighted by atomic mass is 15.1. The van der Waals surface area contributed by atoms with Crippen molar-refractivity contribution in [3.63, 3.8) is 0 Å². The molecule has 524 valence electrons. The Morgan fingerprint density at radius 2 is 0.286 bits per heavy atom. The van der Waals surface area contributed by atoms with Gasteiger partial charge in [0.15, 0.2) is 0 Å². The van der Waals surface area contributed by atoms with Crippen molar-refractivity contribution in [1.82, 2.24) is 0 Å². The predicted octanol–water partition coefficient (Wildman–Crippen LogP) is 29.0. The molecule has 0 aliphatic heterocycles. The van der Waals surface area contributed by atoms with Gasteiger partial charge in [0, 0.05) is 34.1 Å². The maximum atomic E-state index is 2.48. The average Bonchev–Trinajstić information content (AvgIpc) is 1.51. The highest BCUT2D eigenvalue weighted by Crippen LogP contribution is 2.66. The van der Waals surface area contributed by atoms with Crippen molar-refractivity contribution in [2.45, 2.75) is 10.8 Å². The van der Waals surface area contributed by atoms with Crippen molar-refractivity contribution >= 4 is 34.1 Å². The van der Waals surface area contributed by atoms with Crippen LogP contribution in [-0.4, -0.2) is 0 Å². The molecule has 0 saturated carbocycles. The van der Waals surface area contributed by atoms with Gasteiger partial charge < -0.3 is 9.80 Å². The van der Waals surface area contributed by atoms with Gasteiger partial charge in [0.2, 0.25) is 0 Å². The van der Waals surface area contributed by atoms with Crippen LogP contribution < -0.4 is 9.80 Å². The normalized spacial score (nSPS) is 13.6. The SMILES string of the molecule is c1ccc(-c2ccc(N(c3ccc(-c4ccccc4)cc3)c3ccc4c(c3)C3(c5ccccc5-c5ccc(-c6ccccc6)cc53)c3ccccc3-4)cc2)cc1.c1ccc(-c2ccc(N(c3ccc(-c4ccccc4)cc3)c3ccc4c(c3)C3(c5ccccc5-c5ccccc53)c3cc(-c5ccccc5)ccc3-4)cc2)cc1. The van der Waals surface area contributed by atoms with E-state index in [-0.39, 0.29) is 0 Å². The minimum absolute atomic E-state index is 0.474. The van der Waals surface area contributed by atoms with Crippen molar-refractivity contribution in [2.24, 2.45) is 0 Å². The van der Waals surface area contributed by atoms with Gasteiger partial charge in [-0.1, -0.05) is 364 Å². The van der Waals surface area contributed by atoms with Gasteiger partial charge in [0.05, 0.1) is 10.8 Å². The van der Waals surface area contributed by atoms with Gasteiger partial charge in [0.25, 0.3) is 0 Å². The third-order valence-corrected chi connectivity index (χ3v) is 23.8. The van der Waals surface area contributed by atoms with Crippen LogP contribution in [0.5, 0.6) is 0 Å². The van der Waals surface area contributed by atoms with Crippen LogP contribution in [0.25, 0.3) is 111 Å². The first-order valence-electron chi connectivity index (χ1n) is 38.9. The Morgan fingerprint density at radius 3 is 0.536 bits per heavy atom. The van der Waals surface area contributed by atoms with Crippen LogP contribution in [0.15, 0.2) is 449 Å². The number of hydrogen-bond donors (Lipinski definition) is 0. The number of rotatable bonds is 12. The zero-order valence-electron chi connectivity index (χ0n) is 61.6. The maximum absolute atomic E-state index is 2.48. The molecule has 2 heteroatoms. The van der Waals surface area contributed by atoms with Crippen LogP contribution in [0.3, 0.4) is 0 Å². The lowest BCUT2D eigenvalue weighted by Crippen LogP contribution is -2.26. The van der Waals surface area contributed by atoms with Gasteiger partial charge in [-0.3, -0.25) is 0 Å². The molecular formula is C110H74N2. The topological polar surface area (TPSA) is 6.48 Å². The fourth-order valence-electron chi connectivity index (χ4n) is 18.8. The molecule has 112 heavy (non-hydrogen) atoms. The monoisotopic (exact) mass is 1420 g/mol. The van der Waals surface area contributed by atoms with E-state index < -0.39 is 10.8 Å². The molecule has 0 bridgehead atoms. The summed E-state index contributed by atoms with van der Waals surface area (Å²) in [6.45, 7) is 0. The Kier molecular flexibility index (Phi) is 16.1. The minimum atomic E-state index is -0.474. The molecule has 0 N–H and O–H groups in total. The molecule has 18 aromatic rings. The molecule has 1 unspecified atom stereocenters. The van der Waals surface area contributed by atoms with Gasteiger partial charge in [-0.25, -0.2) is 0 Å². The summed E-state index contributed by atoms with van der Waals surface area (Å²) in [6, 6.07) is 165. The third kappa shape index (κ3) is 10.8. The quantitative estimate of drug-likeness (QED) is 0.120. The van der Waals surface area contributed by atoms with E-state index in [0.29, 0.717) is 0 Å². The molecule has 22 rings (SSSR count). The van der Waals surface area contributed by atoms with E-state index in [4.69, 9.17) is 0 Å². The zero-order valence-corrected chi connectivity index (χ0v) is 61.6. The molecule has 0 aromatic heterocycles. The second kappa shape index (κ2) is 27.3. The molecule has 0 saturated heterocycles. The van der Waals surface area contributed by atoms with Gasteiger partial charge in [0.1, 0.15) is 0 Å². The number of hydrogen-bond acceptors (Lipinski definition) is 2. The van der Waals surface area contributed by atoms with Gasteiger partial charge in [-0.05, 0) is 241 Å². The summed E-state index contributed by atoms with van der Waals surface area (Å²) in [5.74, 6) is 0. The van der Waals surface area contributed by atoms with Crippen molar-refractivity contribution < 1.29 is 0 Å². The number of benzene rings is 18. The van der Waals surface area contributed by atoms with E-state index in [0.717, 1.165) is 34.1 Å². The lowest BCUT2D eigenvalue weighted by molar-refractivity contribution is 0.794. The van der Waals surface area contributed by atoms with Crippen molar-refractivity contribution in [3.8, 4) is 111 Å². The maximum Gasteiger partial charge on any atom is 0.0726 e. The lowest BCUT2D eigenvalue weighted by Gasteiger charge is -2.32. The van der Waals surface area contributed by atoms with Crippen molar-refractivity contribution in [1.29, 1.82) is 0 Å². The van der Waals surface area contributed by atoms with Crippen LogP contribution in [-0.2, 0) is 10.8 Å². The Bertz CT molecular complexity index is 6070. The first-order chi connectivity index (χ1) is 55.5. The molecule has 0 amide bonds. The van der Waals surface area contributed by atoms with E-state index in [1.54, 1.807) is 0 Å². The van der Waals surface area contributed by atoms with E-state index in [1.807, 2.05) is 0 Å². The number of fused-ring (bicyclic) bond motifs is 20. The molecule has 1 atom stereocenters. The lowest BCUT2D eigenvalue weighted by atomic mass is 9.70. The second-order valence-electron chi connectivity index (χ2n) is 29.7. The number of anilines is 6. The summed E-state index contributed by atoms with van der Waals surface area (Å²) in [6.07, 6.45) is 0. The first kappa shape index (κ1) is 65.8. The third-order valence-electron chi connectivity index (χ3n) is 23.8. The molecule has 0 heterocycles. The summed E-state index contributed by atoms with van der Waals surface area (Å²) in [7, 11) is 0. The fourth-order valence-corrected chi connectivity index (χ4v) is 18.8. The van der Waals surface area contributed by atoms with Crippen molar-refractivity contribution in [2.75, 3.05) is 9.80 Å². The number of nitrogens with zero attached hydrogens (tertiary/aromatic N) is 2. The molecule has 18 aromatic carbocycles. The Labute approximate surface area is 655 Å². The second-order valence-corrected chi connectivity index (χ2v) is 29.7. The molecule has 2 spiro atoms. The summed E-state index contributed by atoms with van der Waals surface area (Å²) in [5, 5.41) is 0. The summed E-state index contributed by atoms with van der Waals surface area (Å²) < 4.78 is 0. The molecule has 2 nitrogen and oxygen atoms in total. The Balaban J connectivity index is 0.000000141. The molecule has 0 fully saturated rings. The zero-order chi connectivity index (χ0) is 74.1. The highest BCUT2D eigenvalue weighted by molar-refractivity contribution is 6.00. The molecule has 4 aliphatic carbocycles. The van der Waals surface area contributed by atoms with Crippen LogP contribution in [0.1, 0.15) is 44.5 Å². The summed E-state index contributed by atoms with van der Waals surface area (Å²) >= 11 is 0. The molecular weight excluding hydrogens is 1350 g/mol. The van der Waals surface area contributed by atoms with Gasteiger partial charge in [-0.2, -0.15) is 0 Å². The summed E-state index contributed by atoms with van der Waals surface area (Å²) in [4.78, 5) is 4.84. The first-order valence-corrected chi connectivity index (χ1v) is 38.9. The van der Waals surface area contributed by atoms with Gasteiger partial charge >= 0.3 is 0 Å². The molecule has 4 aliphatic rings.